The number of unbranched alkanes of at least 4 members (excludes halogenated alkanes) is 2. The van der Waals surface area contributed by atoms with Crippen molar-refractivity contribution in [2.75, 3.05) is 27.4 Å². The van der Waals surface area contributed by atoms with Crippen LogP contribution in [0, 0.1) is 0 Å². The average molecular weight is 372 g/mol. The van der Waals surface area contributed by atoms with Crippen molar-refractivity contribution < 1.29 is 27.6 Å². The van der Waals surface area contributed by atoms with Crippen LogP contribution >= 0.6 is 7.82 Å². The maximum absolute atomic E-state index is 12.4. The van der Waals surface area contributed by atoms with Crippen molar-refractivity contribution in [2.24, 2.45) is 0 Å². The zero-order valence-corrected chi connectivity index (χ0v) is 16.7. The maximum Gasteiger partial charge on any atom is 0.530 e. The number of phosphoric ester groups is 1. The van der Waals surface area contributed by atoms with E-state index >= 15 is 0 Å². The minimum absolute atomic E-state index is 0.0427. The van der Waals surface area contributed by atoms with Crippen LogP contribution in [0.2, 0.25) is 0 Å². The number of benzene rings is 1. The summed E-state index contributed by atoms with van der Waals surface area (Å²) < 4.78 is 39.1. The summed E-state index contributed by atoms with van der Waals surface area (Å²) in [5, 5.41) is 0. The summed E-state index contributed by atoms with van der Waals surface area (Å²) >= 11 is 0. The quantitative estimate of drug-likeness (QED) is 0.444. The van der Waals surface area contributed by atoms with E-state index in [-0.39, 0.29) is 24.4 Å². The summed E-state index contributed by atoms with van der Waals surface area (Å²) in [7, 11) is -0.523. The summed E-state index contributed by atoms with van der Waals surface area (Å²) in [6.45, 7) is 7.07. The molecule has 1 heterocycles. The first kappa shape index (κ1) is 20.1. The zero-order valence-electron chi connectivity index (χ0n) is 15.8. The Morgan fingerprint density at radius 1 is 1.08 bits per heavy atom. The van der Waals surface area contributed by atoms with Crippen LogP contribution < -0.4 is 14.0 Å². The van der Waals surface area contributed by atoms with E-state index in [1.807, 2.05) is 12.1 Å². The third kappa shape index (κ3) is 4.90. The molecule has 0 spiro atoms. The van der Waals surface area contributed by atoms with Gasteiger partial charge in [0.15, 0.2) is 11.5 Å². The molecule has 1 aliphatic heterocycles. The highest BCUT2D eigenvalue weighted by atomic mass is 31.2. The zero-order chi connectivity index (χ0) is 18.5. The molecule has 142 valence electrons. The Kier molecular flexibility index (Phi) is 6.78. The third-order valence-corrected chi connectivity index (χ3v) is 5.84. The van der Waals surface area contributed by atoms with Gasteiger partial charge in [-0.3, -0.25) is 9.05 Å². The minimum atomic E-state index is -3.61. The Balaban J connectivity index is 2.34. The predicted octanol–water partition coefficient (Wildman–Crippen LogP) is 5.10. The fourth-order valence-electron chi connectivity index (χ4n) is 2.82. The SMILES string of the molecule is CCCCCC(C)(C)c1cc(OC)c(OP2(=O)OCCO2)c(OC)c1. The number of ether oxygens (including phenoxy) is 2. The highest BCUT2D eigenvalue weighted by molar-refractivity contribution is 7.49. The molecule has 0 N–H and O–H groups in total. The Morgan fingerprint density at radius 2 is 1.64 bits per heavy atom. The van der Waals surface area contributed by atoms with Crippen molar-refractivity contribution in [2.45, 2.75) is 51.9 Å². The molecule has 0 aliphatic carbocycles. The fourth-order valence-corrected chi connectivity index (χ4v) is 4.00. The summed E-state index contributed by atoms with van der Waals surface area (Å²) in [6, 6.07) is 3.82. The van der Waals surface area contributed by atoms with Gasteiger partial charge < -0.3 is 14.0 Å². The van der Waals surface area contributed by atoms with Crippen molar-refractivity contribution >= 4 is 7.82 Å². The van der Waals surface area contributed by atoms with E-state index in [0.29, 0.717) is 11.5 Å². The lowest BCUT2D eigenvalue weighted by Gasteiger charge is -2.27. The van der Waals surface area contributed by atoms with E-state index in [4.69, 9.17) is 23.0 Å². The van der Waals surface area contributed by atoms with Crippen molar-refractivity contribution in [3.63, 3.8) is 0 Å². The molecule has 1 saturated heterocycles. The van der Waals surface area contributed by atoms with E-state index in [1.54, 1.807) is 14.2 Å². The second-order valence-electron chi connectivity index (χ2n) is 6.76. The molecule has 0 saturated carbocycles. The molecule has 25 heavy (non-hydrogen) atoms. The summed E-state index contributed by atoms with van der Waals surface area (Å²) in [4.78, 5) is 0. The second-order valence-corrected chi connectivity index (χ2v) is 8.35. The highest BCUT2D eigenvalue weighted by Crippen LogP contribution is 2.57. The van der Waals surface area contributed by atoms with Gasteiger partial charge in [-0.2, -0.15) is 0 Å². The molecular weight excluding hydrogens is 343 g/mol. The van der Waals surface area contributed by atoms with Gasteiger partial charge in [-0.05, 0) is 29.5 Å². The lowest BCUT2D eigenvalue weighted by Crippen LogP contribution is -2.17. The van der Waals surface area contributed by atoms with Gasteiger partial charge in [0.1, 0.15) is 0 Å². The molecule has 0 radical (unpaired) electrons. The first-order valence-corrected chi connectivity index (χ1v) is 10.2. The average Bonchev–Trinajstić information content (AvgIpc) is 3.01. The minimum Gasteiger partial charge on any atom is -0.493 e. The smallest absolute Gasteiger partial charge is 0.493 e. The lowest BCUT2D eigenvalue weighted by molar-refractivity contribution is 0.258. The summed E-state index contributed by atoms with van der Waals surface area (Å²) in [6.07, 6.45) is 4.60. The molecule has 6 nitrogen and oxygen atoms in total. The van der Waals surface area contributed by atoms with Crippen LogP contribution in [0.25, 0.3) is 0 Å². The largest absolute Gasteiger partial charge is 0.530 e. The standard InChI is InChI=1S/C18H29O6P/c1-6-7-8-9-18(2,3)14-12-15(20-4)17(16(13-14)21-5)24-25(19)22-10-11-23-25/h12-13H,6-11H2,1-5H3. The maximum atomic E-state index is 12.4. The molecule has 7 heteroatoms. The van der Waals surface area contributed by atoms with E-state index in [1.165, 1.54) is 12.8 Å². The first-order chi connectivity index (χ1) is 11.8. The molecule has 1 aliphatic rings. The first-order valence-electron chi connectivity index (χ1n) is 8.70. The van der Waals surface area contributed by atoms with Crippen LogP contribution in [0.1, 0.15) is 52.0 Å². The van der Waals surface area contributed by atoms with Gasteiger partial charge in [-0.25, -0.2) is 4.57 Å². The van der Waals surface area contributed by atoms with E-state index in [9.17, 15) is 4.57 Å². The molecule has 0 atom stereocenters. The number of hydrogen-bond acceptors (Lipinski definition) is 6. The Labute approximate surface area is 150 Å². The number of phosphoric acid groups is 1. The van der Waals surface area contributed by atoms with Gasteiger partial charge in [0.05, 0.1) is 27.4 Å². The van der Waals surface area contributed by atoms with Crippen LogP contribution in [0.3, 0.4) is 0 Å². The van der Waals surface area contributed by atoms with Gasteiger partial charge in [0, 0.05) is 0 Å². The third-order valence-electron chi connectivity index (χ3n) is 4.43. The van der Waals surface area contributed by atoms with Gasteiger partial charge >= 0.3 is 7.82 Å². The second kappa shape index (κ2) is 8.43. The molecule has 1 aromatic carbocycles. The molecule has 0 unspecified atom stereocenters. The van der Waals surface area contributed by atoms with Gasteiger partial charge in [-0.15, -0.1) is 0 Å². The van der Waals surface area contributed by atoms with E-state index in [0.717, 1.165) is 18.4 Å². The molecule has 1 aromatic rings. The van der Waals surface area contributed by atoms with Crippen molar-refractivity contribution in [1.82, 2.24) is 0 Å². The number of hydrogen-bond donors (Lipinski definition) is 0. The fraction of sp³-hybridized carbons (Fsp3) is 0.667. The van der Waals surface area contributed by atoms with Crippen molar-refractivity contribution in [1.29, 1.82) is 0 Å². The molecule has 0 bridgehead atoms. The van der Waals surface area contributed by atoms with E-state index in [2.05, 4.69) is 20.8 Å². The lowest BCUT2D eigenvalue weighted by atomic mass is 9.80. The topological polar surface area (TPSA) is 63.2 Å². The van der Waals surface area contributed by atoms with Gasteiger partial charge in [-0.1, -0.05) is 40.0 Å². The molecule has 1 fully saturated rings. The van der Waals surface area contributed by atoms with Crippen LogP contribution in [-0.2, 0) is 19.0 Å². The van der Waals surface area contributed by atoms with Gasteiger partial charge in [0.25, 0.3) is 0 Å². The summed E-state index contributed by atoms with van der Waals surface area (Å²) in [5.41, 5.74) is 1.04. The van der Waals surface area contributed by atoms with E-state index < -0.39 is 7.82 Å². The monoisotopic (exact) mass is 372 g/mol. The molecule has 0 amide bonds. The van der Waals surface area contributed by atoms with Crippen LogP contribution in [0.15, 0.2) is 12.1 Å². The number of rotatable bonds is 9. The van der Waals surface area contributed by atoms with Crippen molar-refractivity contribution in [3.05, 3.63) is 17.7 Å². The molecule has 2 rings (SSSR count). The Bertz CT molecular complexity index is 593. The predicted molar refractivity (Wildman–Crippen MR) is 96.9 cm³/mol. The highest BCUT2D eigenvalue weighted by Gasteiger charge is 2.36. The Morgan fingerprint density at radius 3 is 2.12 bits per heavy atom. The molecular formula is C18H29O6P. The normalized spacial score (nSPS) is 16.7. The number of methoxy groups -OCH3 is 2. The van der Waals surface area contributed by atoms with Crippen LogP contribution in [0.5, 0.6) is 17.2 Å². The van der Waals surface area contributed by atoms with Gasteiger partial charge in [0.2, 0.25) is 5.75 Å². The van der Waals surface area contributed by atoms with Crippen molar-refractivity contribution in [3.8, 4) is 17.2 Å². The van der Waals surface area contributed by atoms with Crippen LogP contribution in [0.4, 0.5) is 0 Å². The van der Waals surface area contributed by atoms with Crippen LogP contribution in [-0.4, -0.2) is 27.4 Å². The molecule has 0 aromatic heterocycles. The Hall–Kier alpha value is -1.23. The summed E-state index contributed by atoms with van der Waals surface area (Å²) in [5.74, 6) is 1.14.